The number of H-pyrrole nitrogens is 1. The average Bonchev–Trinajstić information content (AvgIpc) is 3.61. The number of hydrogen-bond acceptors (Lipinski definition) is 15. The number of primary amides is 1. The summed E-state index contributed by atoms with van der Waals surface area (Å²) in [5.41, 5.74) is 4.65. The summed E-state index contributed by atoms with van der Waals surface area (Å²) in [5.74, 6) is -0.770. The van der Waals surface area contributed by atoms with Crippen LogP contribution in [0.3, 0.4) is 0 Å². The molecule has 3 aromatic heterocycles. The number of nitrogens with zero attached hydrogens (tertiary/aromatic N) is 4. The number of ether oxygens (including phenoxy) is 2. The van der Waals surface area contributed by atoms with E-state index in [1.165, 1.54) is 29.1 Å². The van der Waals surface area contributed by atoms with Gasteiger partial charge in [0.05, 0.1) is 25.9 Å². The Balaban J connectivity index is 1.16. The molecular formula is C21H27N6O15P2+. The van der Waals surface area contributed by atoms with Crippen molar-refractivity contribution in [2.45, 2.75) is 49.1 Å². The summed E-state index contributed by atoms with van der Waals surface area (Å²) in [7, 11) is -10.8. The van der Waals surface area contributed by atoms with Crippen molar-refractivity contribution in [3.63, 3.8) is 0 Å². The van der Waals surface area contributed by atoms with Crippen LogP contribution < -0.4 is 15.9 Å². The number of rotatable bonds is 11. The van der Waals surface area contributed by atoms with E-state index in [0.717, 1.165) is 17.2 Å². The molecule has 2 aliphatic heterocycles. The van der Waals surface area contributed by atoms with E-state index >= 15 is 0 Å². The maximum Gasteiger partial charge on any atom is 0.481 e. The second-order valence-electron chi connectivity index (χ2n) is 9.66. The minimum absolute atomic E-state index is 0.00840. The molecular weight excluding hydrogens is 638 g/mol. The third-order valence-electron chi connectivity index (χ3n) is 6.72. The predicted octanol–water partition coefficient (Wildman–Crippen LogP) is -3.30. The van der Waals surface area contributed by atoms with E-state index < -0.39 is 89.4 Å². The summed E-state index contributed by atoms with van der Waals surface area (Å²) in [6, 6.07) is 2.82. The highest BCUT2D eigenvalue weighted by Gasteiger charge is 2.50. The first-order chi connectivity index (χ1) is 20.7. The van der Waals surface area contributed by atoms with Crippen LogP contribution in [0, 0.1) is 0 Å². The predicted molar refractivity (Wildman–Crippen MR) is 138 cm³/mol. The number of phosphoric ester groups is 2. The SMILES string of the molecule is NC(=O)c1ccc[n+](C2OC(COP(=O)(O)OP(=O)(O)OCC3OC(n4cnc5c(=O)[nH]cnc54)C(O)C3O)C(O)C2O)c1. The maximum atomic E-state index is 12.4. The van der Waals surface area contributed by atoms with Crippen molar-refractivity contribution in [3.05, 3.63) is 53.1 Å². The molecule has 0 aromatic carbocycles. The van der Waals surface area contributed by atoms with Crippen LogP contribution in [0.25, 0.3) is 11.2 Å². The topological polar surface area (TPSA) is 312 Å². The maximum absolute atomic E-state index is 12.4. The summed E-state index contributed by atoms with van der Waals surface area (Å²) in [5, 5.41) is 41.5. The highest BCUT2D eigenvalue weighted by Crippen LogP contribution is 2.60. The number of phosphoric acid groups is 2. The smallest absolute Gasteiger partial charge is 0.387 e. The van der Waals surface area contributed by atoms with Crippen LogP contribution in [0.1, 0.15) is 22.8 Å². The van der Waals surface area contributed by atoms with Crippen molar-refractivity contribution in [1.82, 2.24) is 19.5 Å². The minimum atomic E-state index is -5.39. The number of pyridine rings is 1. The van der Waals surface area contributed by atoms with Crippen LogP contribution in [0.2, 0.25) is 0 Å². The number of aliphatic hydroxyl groups is 4. The lowest BCUT2D eigenvalue weighted by Crippen LogP contribution is -2.46. The Bertz CT molecular complexity index is 1690. The monoisotopic (exact) mass is 665 g/mol. The van der Waals surface area contributed by atoms with Crippen LogP contribution in [0.5, 0.6) is 0 Å². The van der Waals surface area contributed by atoms with Gasteiger partial charge in [0.2, 0.25) is 0 Å². The van der Waals surface area contributed by atoms with E-state index in [4.69, 9.17) is 15.2 Å². The van der Waals surface area contributed by atoms with Gasteiger partial charge in [0, 0.05) is 6.07 Å². The van der Waals surface area contributed by atoms with E-state index in [9.17, 15) is 48.9 Å². The molecule has 0 saturated carbocycles. The lowest BCUT2D eigenvalue weighted by Gasteiger charge is -2.20. The number of nitrogens with one attached hydrogen (secondary N) is 1. The van der Waals surface area contributed by atoms with Crippen LogP contribution in [-0.4, -0.2) is 105 Å². The third kappa shape index (κ3) is 6.65. The summed E-state index contributed by atoms with van der Waals surface area (Å²) < 4.78 is 51.8. The number of aliphatic hydroxyl groups excluding tert-OH is 4. The van der Waals surface area contributed by atoms with E-state index in [-0.39, 0.29) is 16.7 Å². The third-order valence-corrected chi connectivity index (χ3v) is 9.33. The van der Waals surface area contributed by atoms with Crippen molar-refractivity contribution >= 4 is 32.7 Å². The molecule has 2 saturated heterocycles. The van der Waals surface area contributed by atoms with Gasteiger partial charge in [-0.05, 0) is 6.07 Å². The van der Waals surface area contributed by atoms with E-state index in [2.05, 4.69) is 28.3 Å². The summed E-state index contributed by atoms with van der Waals surface area (Å²) in [4.78, 5) is 53.5. The number of imidazole rings is 1. The highest BCUT2D eigenvalue weighted by molar-refractivity contribution is 7.61. The largest absolute Gasteiger partial charge is 0.481 e. The van der Waals surface area contributed by atoms with Crippen LogP contribution in [0.4, 0.5) is 0 Å². The molecule has 44 heavy (non-hydrogen) atoms. The number of aromatic nitrogens is 5. The fourth-order valence-corrected chi connectivity index (χ4v) is 6.66. The molecule has 5 rings (SSSR count). The van der Waals surface area contributed by atoms with Crippen molar-refractivity contribution in [2.24, 2.45) is 5.73 Å². The second-order valence-corrected chi connectivity index (χ2v) is 12.7. The Morgan fingerprint density at radius 3 is 2.32 bits per heavy atom. The molecule has 0 spiro atoms. The number of amides is 1. The molecule has 2 fully saturated rings. The molecule has 0 bridgehead atoms. The number of carbonyl (C=O) groups excluding carboxylic acids is 1. The Hall–Kier alpha value is -3.01. The average molecular weight is 665 g/mol. The number of carbonyl (C=O) groups is 1. The fraction of sp³-hybridized carbons (Fsp3) is 0.476. The van der Waals surface area contributed by atoms with Gasteiger partial charge in [-0.15, -0.1) is 0 Å². The molecule has 10 unspecified atom stereocenters. The van der Waals surface area contributed by atoms with Gasteiger partial charge in [-0.25, -0.2) is 19.1 Å². The molecule has 2 aliphatic rings. The molecule has 0 aliphatic carbocycles. The molecule has 240 valence electrons. The van der Waals surface area contributed by atoms with Crippen LogP contribution >= 0.6 is 15.6 Å². The van der Waals surface area contributed by atoms with E-state index in [1.807, 2.05) is 0 Å². The molecule has 21 nitrogen and oxygen atoms in total. The van der Waals surface area contributed by atoms with Gasteiger partial charge in [0.15, 0.2) is 35.9 Å². The standard InChI is InChI=1S/C21H26N6O15P2/c22-17(32)9-2-1-3-26(4-9)20-15(30)13(28)10(40-20)5-38-43(34,35)42-44(36,37)39-6-11-14(29)16(31)21(41-11)27-8-25-12-18(27)23-7-24-19(12)33/h1-4,7-8,10-11,13-16,20-21,28-31H,5-6H2,(H4-,22,23,24,32,33,34,35,36,37)/p+1. The van der Waals surface area contributed by atoms with E-state index in [1.54, 1.807) is 0 Å². The highest BCUT2D eigenvalue weighted by atomic mass is 31.3. The van der Waals surface area contributed by atoms with Gasteiger partial charge in [-0.2, -0.15) is 8.88 Å². The summed E-state index contributed by atoms with van der Waals surface area (Å²) in [6.07, 6.45) is -7.25. The van der Waals surface area contributed by atoms with Crippen molar-refractivity contribution in [1.29, 1.82) is 0 Å². The van der Waals surface area contributed by atoms with Gasteiger partial charge in [-0.3, -0.25) is 23.2 Å². The summed E-state index contributed by atoms with van der Waals surface area (Å²) in [6.45, 7) is -1.84. The summed E-state index contributed by atoms with van der Waals surface area (Å²) >= 11 is 0. The van der Waals surface area contributed by atoms with Gasteiger partial charge < -0.3 is 50.4 Å². The Kier molecular flexibility index (Phi) is 9.13. The molecule has 0 radical (unpaired) electrons. The Labute approximate surface area is 245 Å². The normalized spacial score (nSPS) is 31.6. The zero-order valence-electron chi connectivity index (χ0n) is 22.1. The lowest BCUT2D eigenvalue weighted by atomic mass is 10.1. The Morgan fingerprint density at radius 2 is 1.66 bits per heavy atom. The number of nitrogens with two attached hydrogens (primary N) is 1. The first-order valence-electron chi connectivity index (χ1n) is 12.6. The van der Waals surface area contributed by atoms with Gasteiger partial charge in [0.25, 0.3) is 17.7 Å². The van der Waals surface area contributed by atoms with Gasteiger partial charge >= 0.3 is 15.6 Å². The minimum Gasteiger partial charge on any atom is -0.387 e. The van der Waals surface area contributed by atoms with Crippen molar-refractivity contribution < 1.29 is 71.5 Å². The quantitative estimate of drug-likeness (QED) is 0.0734. The van der Waals surface area contributed by atoms with Crippen molar-refractivity contribution in [3.8, 4) is 0 Å². The molecule has 9 N–H and O–H groups in total. The Morgan fingerprint density at radius 1 is 1.02 bits per heavy atom. The number of aromatic amines is 1. The zero-order chi connectivity index (χ0) is 32.0. The fourth-order valence-electron chi connectivity index (χ4n) is 4.57. The zero-order valence-corrected chi connectivity index (χ0v) is 23.9. The van der Waals surface area contributed by atoms with Crippen LogP contribution in [-0.2, 0) is 32.0 Å². The molecule has 1 amide bonds. The lowest BCUT2D eigenvalue weighted by molar-refractivity contribution is -0.765. The van der Waals surface area contributed by atoms with Gasteiger partial charge in [-0.1, -0.05) is 0 Å². The van der Waals surface area contributed by atoms with Gasteiger partial charge in [0.1, 0.15) is 36.1 Å². The molecule has 5 heterocycles. The first kappa shape index (κ1) is 32.4. The van der Waals surface area contributed by atoms with Crippen molar-refractivity contribution in [2.75, 3.05) is 13.2 Å². The first-order valence-corrected chi connectivity index (χ1v) is 15.6. The number of hydrogen-bond donors (Lipinski definition) is 8. The molecule has 3 aromatic rings. The molecule has 23 heteroatoms. The number of fused-ring (bicyclic) bond motifs is 1. The molecule has 10 atom stereocenters. The second kappa shape index (κ2) is 12.4. The van der Waals surface area contributed by atoms with Crippen LogP contribution in [0.15, 0.2) is 42.0 Å². The van der Waals surface area contributed by atoms with E-state index in [0.29, 0.717) is 0 Å².